The second kappa shape index (κ2) is 5.94. The Hall–Kier alpha value is -0.730. The number of aryl methyl sites for hydroxylation is 1. The van der Waals surface area contributed by atoms with Crippen LogP contribution in [0.2, 0.25) is 5.02 Å². The molecule has 0 heterocycles. The van der Waals surface area contributed by atoms with Crippen molar-refractivity contribution in [3.05, 3.63) is 28.3 Å². The Kier molecular flexibility index (Phi) is 4.52. The monoisotopic (exact) mass is 267 g/mol. The third-order valence-corrected chi connectivity index (χ3v) is 4.14. The van der Waals surface area contributed by atoms with E-state index in [4.69, 9.17) is 22.1 Å². The number of nitrogens with two attached hydrogens (primary N) is 1. The minimum atomic E-state index is 0.407. The minimum absolute atomic E-state index is 0.407. The summed E-state index contributed by atoms with van der Waals surface area (Å²) in [6, 6.07) is 4.41. The Labute approximate surface area is 114 Å². The zero-order chi connectivity index (χ0) is 13.1. The van der Waals surface area contributed by atoms with Gasteiger partial charge in [0.05, 0.1) is 7.11 Å². The van der Waals surface area contributed by atoms with Gasteiger partial charge in [0.15, 0.2) is 0 Å². The van der Waals surface area contributed by atoms with Crippen molar-refractivity contribution in [1.29, 1.82) is 0 Å². The number of hydrogen-bond donors (Lipinski definition) is 1. The molecule has 1 aliphatic rings. The van der Waals surface area contributed by atoms with Crippen LogP contribution in [0, 0.1) is 12.8 Å². The summed E-state index contributed by atoms with van der Waals surface area (Å²) in [5.41, 5.74) is 8.31. The summed E-state index contributed by atoms with van der Waals surface area (Å²) in [6.07, 6.45) is 5.78. The van der Waals surface area contributed by atoms with Crippen molar-refractivity contribution >= 4 is 11.6 Å². The van der Waals surface area contributed by atoms with Crippen LogP contribution in [-0.2, 0) is 6.42 Å². The third-order valence-electron chi connectivity index (χ3n) is 3.92. The fourth-order valence-electron chi connectivity index (χ4n) is 2.95. The van der Waals surface area contributed by atoms with Gasteiger partial charge < -0.3 is 10.5 Å². The van der Waals surface area contributed by atoms with E-state index in [9.17, 15) is 0 Å². The maximum absolute atomic E-state index is 6.14. The molecule has 1 fully saturated rings. The van der Waals surface area contributed by atoms with Crippen LogP contribution >= 0.6 is 11.6 Å². The number of methoxy groups -OCH3 is 1. The topological polar surface area (TPSA) is 35.2 Å². The largest absolute Gasteiger partial charge is 0.496 e. The Balaban J connectivity index is 2.13. The lowest BCUT2D eigenvalue weighted by atomic mass is 9.82. The molecule has 2 nitrogen and oxygen atoms in total. The van der Waals surface area contributed by atoms with E-state index in [-0.39, 0.29) is 0 Å². The Bertz CT molecular complexity index is 411. The fourth-order valence-corrected chi connectivity index (χ4v) is 3.24. The molecule has 0 spiro atoms. The molecule has 2 N–H and O–H groups in total. The number of benzene rings is 1. The second-order valence-electron chi connectivity index (χ2n) is 5.40. The molecule has 1 aliphatic carbocycles. The molecule has 0 aliphatic heterocycles. The molecule has 1 saturated carbocycles. The van der Waals surface area contributed by atoms with E-state index in [0.29, 0.717) is 6.04 Å². The first-order chi connectivity index (χ1) is 8.60. The molecule has 18 heavy (non-hydrogen) atoms. The van der Waals surface area contributed by atoms with Crippen LogP contribution in [0.3, 0.4) is 0 Å². The molecule has 0 radical (unpaired) electrons. The smallest absolute Gasteiger partial charge is 0.125 e. The molecule has 0 saturated heterocycles. The molecule has 0 unspecified atom stereocenters. The van der Waals surface area contributed by atoms with Gasteiger partial charge in [-0.05, 0) is 68.2 Å². The minimum Gasteiger partial charge on any atom is -0.496 e. The summed E-state index contributed by atoms with van der Waals surface area (Å²) in [5.74, 6) is 1.71. The van der Waals surface area contributed by atoms with Crippen molar-refractivity contribution in [3.8, 4) is 5.75 Å². The lowest BCUT2D eigenvalue weighted by Crippen LogP contribution is -2.27. The van der Waals surface area contributed by atoms with Crippen molar-refractivity contribution in [2.75, 3.05) is 7.11 Å². The van der Waals surface area contributed by atoms with Crippen LogP contribution < -0.4 is 10.5 Å². The van der Waals surface area contributed by atoms with E-state index >= 15 is 0 Å². The van der Waals surface area contributed by atoms with E-state index < -0.39 is 0 Å². The first-order valence-electron chi connectivity index (χ1n) is 6.68. The lowest BCUT2D eigenvalue weighted by molar-refractivity contribution is 0.320. The van der Waals surface area contributed by atoms with E-state index in [0.717, 1.165) is 41.5 Å². The standard InChI is InChI=1S/C15H22ClNO/c1-10-7-13(16)9-12(15(10)18-2)8-11-3-5-14(17)6-4-11/h7,9,11,14H,3-6,8,17H2,1-2H3. The molecular weight excluding hydrogens is 246 g/mol. The summed E-state index contributed by atoms with van der Waals surface area (Å²) < 4.78 is 5.51. The highest BCUT2D eigenvalue weighted by molar-refractivity contribution is 6.30. The van der Waals surface area contributed by atoms with E-state index in [1.54, 1.807) is 7.11 Å². The third kappa shape index (κ3) is 3.18. The first kappa shape index (κ1) is 13.7. The SMILES string of the molecule is COc1c(C)cc(Cl)cc1CC1CCC(N)CC1. The number of halogens is 1. The van der Waals surface area contributed by atoms with Gasteiger partial charge in [-0.25, -0.2) is 0 Å². The van der Waals surface area contributed by atoms with Crippen LogP contribution in [0.4, 0.5) is 0 Å². The average molecular weight is 268 g/mol. The summed E-state index contributed by atoms with van der Waals surface area (Å²) >= 11 is 6.14. The fraction of sp³-hybridized carbons (Fsp3) is 0.600. The predicted octanol–water partition coefficient (Wildman–Crippen LogP) is 3.72. The van der Waals surface area contributed by atoms with Crippen molar-refractivity contribution in [3.63, 3.8) is 0 Å². The predicted molar refractivity (Wildman–Crippen MR) is 76.4 cm³/mol. The van der Waals surface area contributed by atoms with Gasteiger partial charge in [0.2, 0.25) is 0 Å². The zero-order valence-corrected chi connectivity index (χ0v) is 12.0. The van der Waals surface area contributed by atoms with Crippen LogP contribution in [0.1, 0.15) is 36.8 Å². The molecule has 100 valence electrons. The molecule has 0 aromatic heterocycles. The van der Waals surface area contributed by atoms with E-state index in [1.807, 2.05) is 19.1 Å². The van der Waals surface area contributed by atoms with Crippen LogP contribution in [0.25, 0.3) is 0 Å². The van der Waals surface area contributed by atoms with E-state index in [2.05, 4.69) is 0 Å². The quantitative estimate of drug-likeness (QED) is 0.906. The summed E-state index contributed by atoms with van der Waals surface area (Å²) in [7, 11) is 1.73. The van der Waals surface area contributed by atoms with Crippen LogP contribution in [0.15, 0.2) is 12.1 Å². The van der Waals surface area contributed by atoms with Crippen molar-refractivity contribution in [2.45, 2.75) is 45.1 Å². The van der Waals surface area contributed by atoms with Crippen molar-refractivity contribution in [2.24, 2.45) is 11.7 Å². The molecule has 0 bridgehead atoms. The van der Waals surface area contributed by atoms with Crippen molar-refractivity contribution < 1.29 is 4.74 Å². The lowest BCUT2D eigenvalue weighted by Gasteiger charge is -2.26. The highest BCUT2D eigenvalue weighted by Gasteiger charge is 2.20. The van der Waals surface area contributed by atoms with E-state index in [1.165, 1.54) is 18.4 Å². The zero-order valence-electron chi connectivity index (χ0n) is 11.2. The Morgan fingerprint density at radius 1 is 1.28 bits per heavy atom. The van der Waals surface area contributed by atoms with Crippen LogP contribution in [0.5, 0.6) is 5.75 Å². The number of rotatable bonds is 3. The molecule has 1 aromatic carbocycles. The highest BCUT2D eigenvalue weighted by Crippen LogP contribution is 2.33. The molecular formula is C15H22ClNO. The normalized spacial score (nSPS) is 24.0. The highest BCUT2D eigenvalue weighted by atomic mass is 35.5. The van der Waals surface area contributed by atoms with Gasteiger partial charge in [0.1, 0.15) is 5.75 Å². The molecule has 2 rings (SSSR count). The van der Waals surface area contributed by atoms with Crippen LogP contribution in [-0.4, -0.2) is 13.2 Å². The summed E-state index contributed by atoms with van der Waals surface area (Å²) in [6.45, 7) is 2.05. The molecule has 1 aromatic rings. The van der Waals surface area contributed by atoms with Gasteiger partial charge in [-0.2, -0.15) is 0 Å². The number of hydrogen-bond acceptors (Lipinski definition) is 2. The Morgan fingerprint density at radius 2 is 1.94 bits per heavy atom. The van der Waals surface area contributed by atoms with Gasteiger partial charge >= 0.3 is 0 Å². The summed E-state index contributed by atoms with van der Waals surface area (Å²) in [5, 5.41) is 0.802. The molecule has 0 atom stereocenters. The maximum atomic E-state index is 6.14. The maximum Gasteiger partial charge on any atom is 0.125 e. The molecule has 0 amide bonds. The van der Waals surface area contributed by atoms with Gasteiger partial charge in [-0.3, -0.25) is 0 Å². The van der Waals surface area contributed by atoms with Gasteiger partial charge in [-0.1, -0.05) is 11.6 Å². The second-order valence-corrected chi connectivity index (χ2v) is 5.84. The van der Waals surface area contributed by atoms with Gasteiger partial charge in [0.25, 0.3) is 0 Å². The number of ether oxygens (including phenoxy) is 1. The van der Waals surface area contributed by atoms with Crippen molar-refractivity contribution in [1.82, 2.24) is 0 Å². The Morgan fingerprint density at radius 3 is 2.56 bits per heavy atom. The first-order valence-corrected chi connectivity index (χ1v) is 7.06. The molecule has 3 heteroatoms. The van der Waals surface area contributed by atoms with Gasteiger partial charge in [-0.15, -0.1) is 0 Å². The summed E-state index contributed by atoms with van der Waals surface area (Å²) in [4.78, 5) is 0. The van der Waals surface area contributed by atoms with Gasteiger partial charge in [0, 0.05) is 11.1 Å². The average Bonchev–Trinajstić information content (AvgIpc) is 2.32.